The second-order valence-corrected chi connectivity index (χ2v) is 10.6. The SMILES string of the molecule is COC[C@H](C)NC1CCC(Nc2cc(-c3cnc(F)c(NCC4(C)CCOCC4)c3)c(F)cn2)CC1. The summed E-state index contributed by atoms with van der Waals surface area (Å²) in [5.74, 6) is -0.437. The maximum Gasteiger partial charge on any atom is 0.236 e. The summed E-state index contributed by atoms with van der Waals surface area (Å²) in [6.45, 7) is 7.02. The lowest BCUT2D eigenvalue weighted by Gasteiger charge is -2.33. The van der Waals surface area contributed by atoms with E-state index in [4.69, 9.17) is 9.47 Å². The Balaban J connectivity index is 1.39. The third kappa shape index (κ3) is 7.11. The summed E-state index contributed by atoms with van der Waals surface area (Å²) in [5.41, 5.74) is 1.17. The van der Waals surface area contributed by atoms with Crippen molar-refractivity contribution in [1.82, 2.24) is 15.3 Å². The lowest BCUT2D eigenvalue weighted by molar-refractivity contribution is 0.0300. The first kappa shape index (κ1) is 26.7. The van der Waals surface area contributed by atoms with E-state index in [9.17, 15) is 8.78 Å². The van der Waals surface area contributed by atoms with Gasteiger partial charge in [-0.3, -0.25) is 0 Å². The molecule has 0 aromatic carbocycles. The molecule has 1 aliphatic heterocycles. The van der Waals surface area contributed by atoms with Crippen LogP contribution in [0.25, 0.3) is 11.1 Å². The van der Waals surface area contributed by atoms with E-state index in [2.05, 4.69) is 39.8 Å². The van der Waals surface area contributed by atoms with Gasteiger partial charge >= 0.3 is 0 Å². The van der Waals surface area contributed by atoms with Crippen LogP contribution in [0, 0.1) is 17.2 Å². The van der Waals surface area contributed by atoms with Crippen molar-refractivity contribution in [2.45, 2.75) is 70.5 Å². The molecule has 2 fully saturated rings. The van der Waals surface area contributed by atoms with Gasteiger partial charge in [0.05, 0.1) is 18.5 Å². The summed E-state index contributed by atoms with van der Waals surface area (Å²) in [6.07, 6.45) is 8.53. The molecule has 0 radical (unpaired) electrons. The Morgan fingerprint density at radius 2 is 1.81 bits per heavy atom. The van der Waals surface area contributed by atoms with Gasteiger partial charge in [-0.15, -0.1) is 0 Å². The average Bonchev–Trinajstić information content (AvgIpc) is 2.87. The number of methoxy groups -OCH3 is 1. The lowest BCUT2D eigenvalue weighted by Crippen LogP contribution is -2.42. The minimum Gasteiger partial charge on any atom is -0.383 e. The smallest absolute Gasteiger partial charge is 0.236 e. The quantitative estimate of drug-likeness (QED) is 0.394. The Bertz CT molecular complexity index is 994. The maximum atomic E-state index is 14.8. The van der Waals surface area contributed by atoms with Crippen molar-refractivity contribution >= 4 is 11.5 Å². The summed E-state index contributed by atoms with van der Waals surface area (Å²) < 4.78 is 39.9. The van der Waals surface area contributed by atoms with Gasteiger partial charge in [0.25, 0.3) is 0 Å². The molecule has 1 atom stereocenters. The van der Waals surface area contributed by atoms with E-state index in [1.165, 1.54) is 12.4 Å². The number of hydrogen-bond acceptors (Lipinski definition) is 7. The minimum atomic E-state index is -0.590. The first-order chi connectivity index (χ1) is 17.3. The highest BCUT2D eigenvalue weighted by Crippen LogP contribution is 2.32. The van der Waals surface area contributed by atoms with Gasteiger partial charge in [-0.1, -0.05) is 6.92 Å². The van der Waals surface area contributed by atoms with Crippen molar-refractivity contribution in [2.24, 2.45) is 5.41 Å². The van der Waals surface area contributed by atoms with Crippen LogP contribution in [0.4, 0.5) is 20.3 Å². The average molecular weight is 504 g/mol. The number of nitrogens with one attached hydrogen (secondary N) is 3. The van der Waals surface area contributed by atoms with Gasteiger partial charge in [-0.25, -0.2) is 14.4 Å². The third-order valence-corrected chi connectivity index (χ3v) is 7.43. The predicted molar refractivity (Wildman–Crippen MR) is 138 cm³/mol. The first-order valence-electron chi connectivity index (χ1n) is 13.0. The predicted octanol–water partition coefficient (Wildman–Crippen LogP) is 5.00. The lowest BCUT2D eigenvalue weighted by atomic mass is 9.82. The molecular weight excluding hydrogens is 464 g/mol. The fourth-order valence-corrected chi connectivity index (χ4v) is 5.12. The highest BCUT2D eigenvalue weighted by molar-refractivity contribution is 5.69. The standard InChI is InChI=1S/C27H39F2N5O2/c1-18(16-35-3)33-20-4-6-21(7-5-20)34-25-13-22(23(28)15-30-25)19-12-24(26(29)31-14-19)32-17-27(2)8-10-36-11-9-27/h12-15,18,20-21,32-33H,4-11,16-17H2,1-3H3,(H,30,34)/t18-,20?,21?/m0/s1. The molecule has 0 spiro atoms. The molecular formula is C27H39F2N5O2. The van der Waals surface area contributed by atoms with Gasteiger partial charge in [0.2, 0.25) is 5.95 Å². The van der Waals surface area contributed by atoms with Crippen molar-refractivity contribution in [3.05, 3.63) is 36.3 Å². The topological polar surface area (TPSA) is 80.3 Å². The summed E-state index contributed by atoms with van der Waals surface area (Å²) in [5, 5.41) is 10.3. The van der Waals surface area contributed by atoms with E-state index >= 15 is 0 Å². The highest BCUT2D eigenvalue weighted by atomic mass is 19.1. The van der Waals surface area contributed by atoms with Crippen LogP contribution in [0.1, 0.15) is 52.4 Å². The Hall–Kier alpha value is -2.36. The number of hydrogen-bond donors (Lipinski definition) is 3. The van der Waals surface area contributed by atoms with Crippen molar-refractivity contribution < 1.29 is 18.3 Å². The van der Waals surface area contributed by atoms with Crippen molar-refractivity contribution in [2.75, 3.05) is 44.1 Å². The molecule has 9 heteroatoms. The van der Waals surface area contributed by atoms with Crippen LogP contribution in [0.3, 0.4) is 0 Å². The second kappa shape index (κ2) is 12.3. The molecule has 198 valence electrons. The van der Waals surface area contributed by atoms with Crippen LogP contribution >= 0.6 is 0 Å². The van der Waals surface area contributed by atoms with Gasteiger partial charge in [0.15, 0.2) is 0 Å². The Morgan fingerprint density at radius 3 is 2.53 bits per heavy atom. The molecule has 1 saturated carbocycles. The number of pyridine rings is 2. The molecule has 2 aliphatic rings. The number of halogens is 2. The monoisotopic (exact) mass is 503 g/mol. The molecule has 0 amide bonds. The van der Waals surface area contributed by atoms with Gasteiger partial charge in [-0.05, 0) is 63.0 Å². The molecule has 0 unspecified atom stereocenters. The molecule has 3 heterocycles. The molecule has 7 nitrogen and oxygen atoms in total. The van der Waals surface area contributed by atoms with Gasteiger partial charge in [0, 0.05) is 62.3 Å². The fourth-order valence-electron chi connectivity index (χ4n) is 5.12. The molecule has 4 rings (SSSR count). The number of ether oxygens (including phenoxy) is 2. The van der Waals surface area contributed by atoms with Crippen molar-refractivity contribution in [3.63, 3.8) is 0 Å². The molecule has 3 N–H and O–H groups in total. The van der Waals surface area contributed by atoms with Crippen LogP contribution in [0.2, 0.25) is 0 Å². The van der Waals surface area contributed by atoms with E-state index in [0.717, 1.165) is 38.5 Å². The molecule has 0 bridgehead atoms. The summed E-state index contributed by atoms with van der Waals surface area (Å²) in [4.78, 5) is 8.15. The highest BCUT2D eigenvalue weighted by Gasteiger charge is 2.28. The van der Waals surface area contributed by atoms with E-state index < -0.39 is 11.8 Å². The number of aromatic nitrogens is 2. The summed E-state index contributed by atoms with van der Waals surface area (Å²) in [7, 11) is 1.72. The zero-order valence-corrected chi connectivity index (χ0v) is 21.6. The van der Waals surface area contributed by atoms with Crippen LogP contribution in [0.15, 0.2) is 24.5 Å². The normalized spacial score (nSPS) is 22.7. The maximum absolute atomic E-state index is 14.8. The van der Waals surface area contributed by atoms with Crippen molar-refractivity contribution in [1.29, 1.82) is 0 Å². The third-order valence-electron chi connectivity index (χ3n) is 7.43. The molecule has 36 heavy (non-hydrogen) atoms. The van der Waals surface area contributed by atoms with E-state index in [-0.39, 0.29) is 17.1 Å². The molecule has 2 aromatic heterocycles. The Kier molecular flexibility index (Phi) is 9.09. The van der Waals surface area contributed by atoms with Crippen LogP contribution in [0.5, 0.6) is 0 Å². The van der Waals surface area contributed by atoms with Crippen LogP contribution in [-0.2, 0) is 9.47 Å². The fraction of sp³-hybridized carbons (Fsp3) is 0.630. The van der Waals surface area contributed by atoms with Crippen LogP contribution in [-0.4, -0.2) is 61.6 Å². The number of anilines is 2. The Morgan fingerprint density at radius 1 is 1.08 bits per heavy atom. The number of rotatable bonds is 10. The van der Waals surface area contributed by atoms with E-state index in [0.29, 0.717) is 55.4 Å². The largest absolute Gasteiger partial charge is 0.383 e. The van der Waals surface area contributed by atoms with Crippen LogP contribution < -0.4 is 16.0 Å². The van der Waals surface area contributed by atoms with Gasteiger partial charge in [0.1, 0.15) is 11.6 Å². The van der Waals surface area contributed by atoms with E-state index in [1.54, 1.807) is 19.2 Å². The zero-order chi connectivity index (χ0) is 25.5. The molecule has 1 saturated heterocycles. The number of nitrogens with zero attached hydrogens (tertiary/aromatic N) is 2. The summed E-state index contributed by atoms with van der Waals surface area (Å²) >= 11 is 0. The van der Waals surface area contributed by atoms with Crippen molar-refractivity contribution in [3.8, 4) is 11.1 Å². The summed E-state index contributed by atoms with van der Waals surface area (Å²) in [6, 6.07) is 4.40. The molecule has 1 aliphatic carbocycles. The minimum absolute atomic E-state index is 0.0239. The van der Waals surface area contributed by atoms with Gasteiger partial charge in [-0.2, -0.15) is 4.39 Å². The van der Waals surface area contributed by atoms with E-state index in [1.807, 2.05) is 0 Å². The second-order valence-electron chi connectivity index (χ2n) is 10.6. The van der Waals surface area contributed by atoms with Gasteiger partial charge < -0.3 is 25.4 Å². The molecule has 2 aromatic rings. The Labute approximate surface area is 212 Å². The first-order valence-corrected chi connectivity index (χ1v) is 13.0. The zero-order valence-electron chi connectivity index (χ0n) is 21.6.